The van der Waals surface area contributed by atoms with Gasteiger partial charge < -0.3 is 10.2 Å². The quantitative estimate of drug-likeness (QED) is 0.604. The number of carbonyl (C=O) groups excluding carboxylic acids is 2. The van der Waals surface area contributed by atoms with Crippen LogP contribution in [0.25, 0.3) is 0 Å². The van der Waals surface area contributed by atoms with E-state index in [1.165, 1.54) is 6.92 Å². The number of aromatic nitrogens is 2. The molecule has 1 heterocycles. The first-order valence-corrected chi connectivity index (χ1v) is 9.50. The Hall–Kier alpha value is -3.54. The van der Waals surface area contributed by atoms with Gasteiger partial charge in [-0.3, -0.25) is 9.59 Å². The topological polar surface area (TPSA) is 75.2 Å². The van der Waals surface area contributed by atoms with Crippen molar-refractivity contribution in [2.75, 3.05) is 5.32 Å². The predicted octanol–water partition coefficient (Wildman–Crippen LogP) is 4.47. The van der Waals surface area contributed by atoms with E-state index >= 15 is 0 Å². The zero-order valence-electron chi connectivity index (χ0n) is 16.8. The number of nitrogens with zero attached hydrogens (tertiary/aromatic N) is 3. The van der Waals surface area contributed by atoms with Crippen molar-refractivity contribution in [3.63, 3.8) is 0 Å². The Balaban J connectivity index is 1.80. The number of hydrogen-bond donors (Lipinski definition) is 1. The first-order chi connectivity index (χ1) is 13.9. The fourth-order valence-corrected chi connectivity index (χ4v) is 2.90. The van der Waals surface area contributed by atoms with Gasteiger partial charge in [-0.15, -0.1) is 0 Å². The number of rotatable bonds is 7. The smallest absolute Gasteiger partial charge is 0.273 e. The molecular formula is C23H24N4O2. The predicted molar refractivity (Wildman–Crippen MR) is 113 cm³/mol. The maximum Gasteiger partial charge on any atom is 0.273 e. The summed E-state index contributed by atoms with van der Waals surface area (Å²) in [5, 5.41) is 3.07. The van der Waals surface area contributed by atoms with Crippen molar-refractivity contribution in [3.05, 3.63) is 83.7 Å². The number of carbonyl (C=O) groups is 2. The number of nitrogens with one attached hydrogen (secondary N) is 1. The summed E-state index contributed by atoms with van der Waals surface area (Å²) in [4.78, 5) is 35.0. The summed E-state index contributed by atoms with van der Waals surface area (Å²) >= 11 is 0. The number of benzene rings is 2. The molecule has 0 bridgehead atoms. The van der Waals surface area contributed by atoms with E-state index in [-0.39, 0.29) is 17.7 Å². The van der Waals surface area contributed by atoms with E-state index in [1.807, 2.05) is 50.2 Å². The lowest BCUT2D eigenvalue weighted by atomic mass is 10.1. The second kappa shape index (κ2) is 9.10. The maximum absolute atomic E-state index is 13.1. The highest BCUT2D eigenvalue weighted by molar-refractivity contribution is 5.95. The lowest BCUT2D eigenvalue weighted by Gasteiger charge is -2.26. The van der Waals surface area contributed by atoms with Crippen LogP contribution in [0.2, 0.25) is 0 Å². The normalized spacial score (nSPS) is 10.6. The average Bonchev–Trinajstić information content (AvgIpc) is 2.72. The zero-order chi connectivity index (χ0) is 20.8. The average molecular weight is 388 g/mol. The van der Waals surface area contributed by atoms with Gasteiger partial charge in [-0.2, -0.15) is 0 Å². The number of amides is 1. The molecule has 0 saturated heterocycles. The number of anilines is 2. The monoisotopic (exact) mass is 388 g/mol. The molecular weight excluding hydrogens is 364 g/mol. The fraction of sp³-hybridized carbons (Fsp3) is 0.217. The molecule has 0 aliphatic rings. The van der Waals surface area contributed by atoms with Gasteiger partial charge in [0.15, 0.2) is 5.78 Å². The summed E-state index contributed by atoms with van der Waals surface area (Å²) in [6, 6.07) is 18.6. The Morgan fingerprint density at radius 2 is 1.79 bits per heavy atom. The fourth-order valence-electron chi connectivity index (χ4n) is 2.90. The molecule has 0 unspecified atom stereocenters. The van der Waals surface area contributed by atoms with Crippen LogP contribution in [0.4, 0.5) is 11.6 Å². The second-order valence-electron chi connectivity index (χ2n) is 7.04. The molecule has 29 heavy (non-hydrogen) atoms. The van der Waals surface area contributed by atoms with Crippen LogP contribution in [0.5, 0.6) is 0 Å². The molecule has 1 amide bonds. The standard InChI is InChI=1S/C23H24N4O2/c1-16(2)27(15-18-8-5-4-6-9-18)22(29)21-12-13-24-23(26-21)25-20-11-7-10-19(14-20)17(3)28/h4-14,16H,15H2,1-3H3,(H,24,25,26). The van der Waals surface area contributed by atoms with Crippen molar-refractivity contribution in [3.8, 4) is 0 Å². The van der Waals surface area contributed by atoms with Gasteiger partial charge in [-0.05, 0) is 44.5 Å². The van der Waals surface area contributed by atoms with E-state index in [9.17, 15) is 9.59 Å². The van der Waals surface area contributed by atoms with Crippen LogP contribution < -0.4 is 5.32 Å². The van der Waals surface area contributed by atoms with Gasteiger partial charge in [0.25, 0.3) is 5.91 Å². The van der Waals surface area contributed by atoms with Crippen LogP contribution in [-0.2, 0) is 6.54 Å². The van der Waals surface area contributed by atoms with E-state index in [2.05, 4.69) is 15.3 Å². The van der Waals surface area contributed by atoms with Crippen LogP contribution in [-0.4, -0.2) is 32.6 Å². The summed E-state index contributed by atoms with van der Waals surface area (Å²) in [5.74, 6) is 0.124. The number of ketones is 1. The van der Waals surface area contributed by atoms with Crippen molar-refractivity contribution in [2.24, 2.45) is 0 Å². The Morgan fingerprint density at radius 3 is 2.48 bits per heavy atom. The summed E-state index contributed by atoms with van der Waals surface area (Å²) in [6.07, 6.45) is 1.55. The van der Waals surface area contributed by atoms with Crippen LogP contribution >= 0.6 is 0 Å². The Labute approximate surface area is 170 Å². The molecule has 0 fully saturated rings. The molecule has 0 radical (unpaired) electrons. The lowest BCUT2D eigenvalue weighted by molar-refractivity contribution is 0.0684. The largest absolute Gasteiger partial charge is 0.331 e. The van der Waals surface area contributed by atoms with Crippen LogP contribution in [0, 0.1) is 0 Å². The van der Waals surface area contributed by atoms with E-state index in [0.29, 0.717) is 29.4 Å². The van der Waals surface area contributed by atoms with E-state index in [1.54, 1.807) is 35.4 Å². The van der Waals surface area contributed by atoms with E-state index in [0.717, 1.165) is 5.56 Å². The molecule has 6 heteroatoms. The minimum atomic E-state index is -0.160. The summed E-state index contributed by atoms with van der Waals surface area (Å²) in [6.45, 7) is 5.98. The molecule has 3 rings (SSSR count). The molecule has 3 aromatic rings. The molecule has 0 spiro atoms. The highest BCUT2D eigenvalue weighted by Crippen LogP contribution is 2.17. The van der Waals surface area contributed by atoms with Crippen molar-refractivity contribution < 1.29 is 9.59 Å². The van der Waals surface area contributed by atoms with Gasteiger partial charge in [0.2, 0.25) is 5.95 Å². The van der Waals surface area contributed by atoms with Crippen LogP contribution in [0.1, 0.15) is 47.2 Å². The molecule has 1 aromatic heterocycles. The highest BCUT2D eigenvalue weighted by atomic mass is 16.2. The second-order valence-corrected chi connectivity index (χ2v) is 7.04. The molecule has 2 aromatic carbocycles. The van der Waals surface area contributed by atoms with Crippen molar-refractivity contribution in [1.82, 2.24) is 14.9 Å². The van der Waals surface area contributed by atoms with Gasteiger partial charge >= 0.3 is 0 Å². The summed E-state index contributed by atoms with van der Waals surface area (Å²) in [7, 11) is 0. The van der Waals surface area contributed by atoms with Gasteiger partial charge in [0, 0.05) is 30.0 Å². The lowest BCUT2D eigenvalue weighted by Crippen LogP contribution is -2.37. The van der Waals surface area contributed by atoms with Gasteiger partial charge in [0.1, 0.15) is 5.69 Å². The third-order valence-corrected chi connectivity index (χ3v) is 4.48. The zero-order valence-corrected chi connectivity index (χ0v) is 16.8. The van der Waals surface area contributed by atoms with Crippen LogP contribution in [0.3, 0.4) is 0 Å². The molecule has 0 aliphatic carbocycles. The molecule has 0 saturated carbocycles. The first kappa shape index (κ1) is 20.2. The van der Waals surface area contributed by atoms with Gasteiger partial charge in [-0.25, -0.2) is 9.97 Å². The minimum absolute atomic E-state index is 0.0151. The van der Waals surface area contributed by atoms with E-state index in [4.69, 9.17) is 0 Å². The Bertz CT molecular complexity index is 1000. The SMILES string of the molecule is CC(=O)c1cccc(Nc2nccc(C(=O)N(Cc3ccccc3)C(C)C)n2)c1. The summed E-state index contributed by atoms with van der Waals surface area (Å²) < 4.78 is 0. The first-order valence-electron chi connectivity index (χ1n) is 9.50. The molecule has 148 valence electrons. The highest BCUT2D eigenvalue weighted by Gasteiger charge is 2.21. The number of Topliss-reactive ketones (excluding diaryl/α,β-unsaturated/α-hetero) is 1. The Kier molecular flexibility index (Phi) is 6.34. The number of hydrogen-bond acceptors (Lipinski definition) is 5. The molecule has 0 aliphatic heterocycles. The van der Waals surface area contributed by atoms with Crippen molar-refractivity contribution >= 4 is 23.3 Å². The van der Waals surface area contributed by atoms with Crippen molar-refractivity contribution in [2.45, 2.75) is 33.4 Å². The molecule has 0 atom stereocenters. The third kappa shape index (κ3) is 5.25. The van der Waals surface area contributed by atoms with E-state index < -0.39 is 0 Å². The molecule has 6 nitrogen and oxygen atoms in total. The van der Waals surface area contributed by atoms with Crippen molar-refractivity contribution in [1.29, 1.82) is 0 Å². The Morgan fingerprint density at radius 1 is 1.03 bits per heavy atom. The van der Waals surface area contributed by atoms with Crippen LogP contribution in [0.15, 0.2) is 66.9 Å². The summed E-state index contributed by atoms with van der Waals surface area (Å²) in [5.41, 5.74) is 2.65. The third-order valence-electron chi connectivity index (χ3n) is 4.48. The maximum atomic E-state index is 13.1. The van der Waals surface area contributed by atoms with Gasteiger partial charge in [0.05, 0.1) is 0 Å². The van der Waals surface area contributed by atoms with Gasteiger partial charge in [-0.1, -0.05) is 42.5 Å². The molecule has 1 N–H and O–H groups in total. The minimum Gasteiger partial charge on any atom is -0.331 e.